The summed E-state index contributed by atoms with van der Waals surface area (Å²) in [6, 6.07) is 10.7. The first kappa shape index (κ1) is 13.8. The van der Waals surface area contributed by atoms with Crippen molar-refractivity contribution in [3.8, 4) is 12.1 Å². The van der Waals surface area contributed by atoms with Crippen LogP contribution in [0.2, 0.25) is 0 Å². The predicted molar refractivity (Wildman–Crippen MR) is 69.2 cm³/mol. The van der Waals surface area contributed by atoms with E-state index in [9.17, 15) is 0 Å². The van der Waals surface area contributed by atoms with E-state index < -0.39 is 12.0 Å². The van der Waals surface area contributed by atoms with Crippen LogP contribution in [0.15, 0.2) is 24.3 Å². The molecular formula is C15H15N3. The summed E-state index contributed by atoms with van der Waals surface area (Å²) >= 11 is 0. The van der Waals surface area contributed by atoms with E-state index in [1.54, 1.807) is 0 Å². The van der Waals surface area contributed by atoms with Gasteiger partial charge in [0.25, 0.3) is 6.04 Å². The molecule has 1 aromatic carbocycles. The molecule has 0 saturated heterocycles. The molecule has 0 fully saturated rings. The number of hydrogen-bond acceptors (Lipinski definition) is 2. The first-order valence-electron chi connectivity index (χ1n) is 5.93. The zero-order valence-electron chi connectivity index (χ0n) is 10.6. The zero-order valence-corrected chi connectivity index (χ0v) is 10.6. The van der Waals surface area contributed by atoms with Gasteiger partial charge in [-0.05, 0) is 17.9 Å². The lowest BCUT2D eigenvalue weighted by molar-refractivity contribution is 0.717. The molecule has 90 valence electrons. The Hall–Kier alpha value is -2.31. The number of hydrogen-bond donors (Lipinski definition) is 0. The van der Waals surface area contributed by atoms with Gasteiger partial charge in [0.15, 0.2) is 0 Å². The molecule has 18 heavy (non-hydrogen) atoms. The topological polar surface area (TPSA) is 51.9 Å². The Balaban J connectivity index is 3.01. The summed E-state index contributed by atoms with van der Waals surface area (Å²) in [5.74, 6) is -0.426. The largest absolute Gasteiger partial charge is 0.306 e. The van der Waals surface area contributed by atoms with Gasteiger partial charge in [0.05, 0.1) is 12.1 Å². The normalized spacial score (nSPS) is 13.1. The van der Waals surface area contributed by atoms with Crippen LogP contribution in [0, 0.1) is 35.2 Å². The van der Waals surface area contributed by atoms with E-state index in [4.69, 9.17) is 17.1 Å². The molecule has 2 unspecified atom stereocenters. The highest BCUT2D eigenvalue weighted by Crippen LogP contribution is 2.27. The van der Waals surface area contributed by atoms with Gasteiger partial charge >= 0.3 is 0 Å². The maximum absolute atomic E-state index is 8.85. The van der Waals surface area contributed by atoms with Crippen molar-refractivity contribution in [3.63, 3.8) is 0 Å². The SMILES string of the molecule is [C-]#[N+]C(c1ccc(C(C)CC)cc1)C(C#N)C#N. The summed E-state index contributed by atoms with van der Waals surface area (Å²) in [5, 5.41) is 17.7. The minimum atomic E-state index is -0.906. The van der Waals surface area contributed by atoms with E-state index in [0.717, 1.165) is 12.0 Å². The van der Waals surface area contributed by atoms with E-state index in [2.05, 4.69) is 18.7 Å². The smallest absolute Gasteiger partial charge is 0.277 e. The number of rotatable bonds is 4. The minimum Gasteiger partial charge on any atom is -0.306 e. The lowest BCUT2D eigenvalue weighted by atomic mass is 9.92. The maximum Gasteiger partial charge on any atom is 0.277 e. The van der Waals surface area contributed by atoms with Crippen molar-refractivity contribution in [2.45, 2.75) is 32.2 Å². The minimum absolute atomic E-state index is 0.480. The molecule has 2 atom stereocenters. The van der Waals surface area contributed by atoms with Crippen LogP contribution in [0.1, 0.15) is 43.4 Å². The van der Waals surface area contributed by atoms with Crippen LogP contribution < -0.4 is 0 Å². The molecule has 0 spiro atoms. The highest BCUT2D eigenvalue weighted by atomic mass is 14.7. The molecule has 1 aromatic rings. The molecule has 3 nitrogen and oxygen atoms in total. The average molecular weight is 237 g/mol. The van der Waals surface area contributed by atoms with Gasteiger partial charge in [-0.25, -0.2) is 6.57 Å². The van der Waals surface area contributed by atoms with Crippen molar-refractivity contribution in [1.29, 1.82) is 10.5 Å². The van der Waals surface area contributed by atoms with E-state index in [0.29, 0.717) is 5.92 Å². The average Bonchev–Trinajstić information content (AvgIpc) is 2.44. The van der Waals surface area contributed by atoms with Crippen molar-refractivity contribution in [2.75, 3.05) is 0 Å². The van der Waals surface area contributed by atoms with Gasteiger partial charge in [-0.1, -0.05) is 38.1 Å². The Kier molecular flexibility index (Phi) is 4.91. The lowest BCUT2D eigenvalue weighted by Crippen LogP contribution is -2.05. The van der Waals surface area contributed by atoms with Crippen LogP contribution >= 0.6 is 0 Å². The van der Waals surface area contributed by atoms with E-state index in [-0.39, 0.29) is 0 Å². The van der Waals surface area contributed by atoms with Crippen molar-refractivity contribution in [1.82, 2.24) is 0 Å². The molecule has 0 aliphatic carbocycles. The van der Waals surface area contributed by atoms with Crippen molar-refractivity contribution >= 4 is 0 Å². The Morgan fingerprint density at radius 2 is 1.67 bits per heavy atom. The second kappa shape index (κ2) is 6.43. The molecule has 0 aromatic heterocycles. The molecule has 0 radical (unpaired) electrons. The Morgan fingerprint density at radius 3 is 2.06 bits per heavy atom. The summed E-state index contributed by atoms with van der Waals surface area (Å²) in [6.07, 6.45) is 1.06. The number of nitrogens with zero attached hydrogens (tertiary/aromatic N) is 3. The fourth-order valence-electron chi connectivity index (χ4n) is 1.77. The highest BCUT2D eigenvalue weighted by molar-refractivity contribution is 5.31. The maximum atomic E-state index is 8.85. The summed E-state index contributed by atoms with van der Waals surface area (Å²) in [6.45, 7) is 11.4. The summed E-state index contributed by atoms with van der Waals surface area (Å²) < 4.78 is 0. The van der Waals surface area contributed by atoms with Gasteiger partial charge in [0.2, 0.25) is 5.92 Å². The molecule has 1 rings (SSSR count). The lowest BCUT2D eigenvalue weighted by Gasteiger charge is -2.10. The van der Waals surface area contributed by atoms with Gasteiger partial charge in [-0.2, -0.15) is 10.5 Å². The first-order valence-corrected chi connectivity index (χ1v) is 5.93. The summed E-state index contributed by atoms with van der Waals surface area (Å²) in [7, 11) is 0. The Labute approximate surface area is 108 Å². The number of nitriles is 2. The van der Waals surface area contributed by atoms with Crippen LogP contribution in [0.4, 0.5) is 0 Å². The predicted octanol–water partition coefficient (Wildman–Crippen LogP) is 3.82. The van der Waals surface area contributed by atoms with Crippen LogP contribution in [-0.4, -0.2) is 0 Å². The zero-order chi connectivity index (χ0) is 13.5. The molecule has 0 heterocycles. The van der Waals surface area contributed by atoms with Crippen LogP contribution in [0.5, 0.6) is 0 Å². The molecule has 0 aliphatic rings. The first-order chi connectivity index (χ1) is 8.67. The van der Waals surface area contributed by atoms with E-state index >= 15 is 0 Å². The summed E-state index contributed by atoms with van der Waals surface area (Å²) in [5.41, 5.74) is 1.96. The fraction of sp³-hybridized carbons (Fsp3) is 0.400. The Bertz CT molecular complexity index is 497. The third-order valence-corrected chi connectivity index (χ3v) is 3.19. The van der Waals surface area contributed by atoms with E-state index in [1.165, 1.54) is 5.56 Å². The summed E-state index contributed by atoms with van der Waals surface area (Å²) in [4.78, 5) is 3.40. The third-order valence-electron chi connectivity index (χ3n) is 3.19. The van der Waals surface area contributed by atoms with Gasteiger partial charge in [-0.3, -0.25) is 0 Å². The Morgan fingerprint density at radius 1 is 1.17 bits per heavy atom. The van der Waals surface area contributed by atoms with Gasteiger partial charge in [0, 0.05) is 5.56 Å². The molecule has 0 N–H and O–H groups in total. The molecule has 3 heteroatoms. The highest BCUT2D eigenvalue weighted by Gasteiger charge is 2.28. The molecule has 0 amide bonds. The standard InChI is InChI=1S/C15H15N3/c1-4-11(2)12-5-7-13(8-6-12)15(18-3)14(9-16)10-17/h5-8,11,14-15H,4H2,1-2H3. The second-order valence-electron chi connectivity index (χ2n) is 4.29. The molecule has 0 aliphatic heterocycles. The monoisotopic (exact) mass is 237 g/mol. The van der Waals surface area contributed by atoms with Gasteiger partial charge < -0.3 is 4.85 Å². The quantitative estimate of drug-likeness (QED) is 0.747. The van der Waals surface area contributed by atoms with Crippen molar-refractivity contribution in [3.05, 3.63) is 46.8 Å². The van der Waals surface area contributed by atoms with Gasteiger partial charge in [0.1, 0.15) is 0 Å². The van der Waals surface area contributed by atoms with Crippen LogP contribution in [0.25, 0.3) is 4.85 Å². The van der Waals surface area contributed by atoms with Crippen LogP contribution in [-0.2, 0) is 0 Å². The third kappa shape index (κ3) is 2.88. The fourth-order valence-corrected chi connectivity index (χ4v) is 1.77. The second-order valence-corrected chi connectivity index (χ2v) is 4.29. The van der Waals surface area contributed by atoms with E-state index in [1.807, 2.05) is 36.4 Å². The van der Waals surface area contributed by atoms with Crippen LogP contribution in [0.3, 0.4) is 0 Å². The molecule has 0 saturated carbocycles. The molecule has 0 bridgehead atoms. The van der Waals surface area contributed by atoms with Gasteiger partial charge in [-0.15, -0.1) is 0 Å². The number of benzene rings is 1. The molecular weight excluding hydrogens is 222 g/mol. The van der Waals surface area contributed by atoms with Crippen molar-refractivity contribution in [2.24, 2.45) is 5.92 Å². The van der Waals surface area contributed by atoms with Crippen molar-refractivity contribution < 1.29 is 0 Å².